The number of carbonyl (C=O) groups is 2. The Morgan fingerprint density at radius 2 is 2.00 bits per heavy atom. The van der Waals surface area contributed by atoms with Gasteiger partial charge in [0, 0.05) is 18.6 Å². The van der Waals surface area contributed by atoms with Crippen LogP contribution in [0.15, 0.2) is 35.8 Å². The van der Waals surface area contributed by atoms with Gasteiger partial charge in [0.1, 0.15) is 28.9 Å². The second-order valence-electron chi connectivity index (χ2n) is 5.39. The van der Waals surface area contributed by atoms with Crippen LogP contribution in [0.3, 0.4) is 0 Å². The van der Waals surface area contributed by atoms with E-state index in [4.69, 9.17) is 10.5 Å². The summed E-state index contributed by atoms with van der Waals surface area (Å²) in [5.41, 5.74) is 5.41. The molecule has 3 rings (SSSR count). The van der Waals surface area contributed by atoms with Crippen molar-refractivity contribution in [1.82, 2.24) is 9.55 Å². The van der Waals surface area contributed by atoms with Crippen LogP contribution in [-0.2, 0) is 18.4 Å². The molecule has 6 nitrogen and oxygen atoms in total. The van der Waals surface area contributed by atoms with Crippen LogP contribution < -0.4 is 5.73 Å². The Hall–Kier alpha value is -3.07. The Bertz CT molecular complexity index is 977. The van der Waals surface area contributed by atoms with E-state index in [2.05, 4.69) is 4.98 Å². The van der Waals surface area contributed by atoms with Crippen molar-refractivity contribution >= 4 is 23.2 Å². The van der Waals surface area contributed by atoms with Gasteiger partial charge in [0.15, 0.2) is 0 Å². The fraction of sp³-hybridized carbons (Fsp3) is 0.118. The first-order valence-corrected chi connectivity index (χ1v) is 8.27. The lowest BCUT2D eigenvalue weighted by atomic mass is 10.1. The number of thiazole rings is 1. The molecule has 2 N–H and O–H groups in total. The van der Waals surface area contributed by atoms with Crippen molar-refractivity contribution < 1.29 is 23.1 Å². The van der Waals surface area contributed by atoms with Crippen molar-refractivity contribution in [2.75, 3.05) is 0 Å². The van der Waals surface area contributed by atoms with Gasteiger partial charge in [-0.25, -0.2) is 18.6 Å². The van der Waals surface area contributed by atoms with Crippen molar-refractivity contribution in [3.05, 3.63) is 63.7 Å². The molecule has 0 unspecified atom stereocenters. The Balaban J connectivity index is 1.72. The van der Waals surface area contributed by atoms with Gasteiger partial charge >= 0.3 is 5.97 Å². The molecule has 3 aromatic rings. The summed E-state index contributed by atoms with van der Waals surface area (Å²) in [5, 5.41) is 1.86. The standard InChI is InChI=1S/C17H13F2N3O3S/c1-22-6-9(16(20)23)5-13(22)17(24)25-7-14-21-12(8-26-14)15-10(18)3-2-4-11(15)19/h2-6,8H,7H2,1H3,(H2,20,23). The smallest absolute Gasteiger partial charge is 0.355 e. The van der Waals surface area contributed by atoms with Crippen molar-refractivity contribution in [1.29, 1.82) is 0 Å². The molecule has 0 spiro atoms. The second-order valence-corrected chi connectivity index (χ2v) is 6.33. The van der Waals surface area contributed by atoms with E-state index in [0.29, 0.717) is 5.01 Å². The van der Waals surface area contributed by atoms with Crippen LogP contribution >= 0.6 is 11.3 Å². The van der Waals surface area contributed by atoms with Gasteiger partial charge in [0.05, 0.1) is 16.8 Å². The van der Waals surface area contributed by atoms with Gasteiger partial charge in [-0.2, -0.15) is 0 Å². The molecule has 0 aliphatic carbocycles. The Labute approximate surface area is 150 Å². The first kappa shape index (κ1) is 17.7. The maximum absolute atomic E-state index is 13.8. The van der Waals surface area contributed by atoms with Crippen molar-refractivity contribution in [3.63, 3.8) is 0 Å². The maximum atomic E-state index is 13.8. The molecule has 2 heterocycles. The van der Waals surface area contributed by atoms with Gasteiger partial charge in [-0.15, -0.1) is 11.3 Å². The van der Waals surface area contributed by atoms with Crippen molar-refractivity contribution in [2.45, 2.75) is 6.61 Å². The second kappa shape index (κ2) is 7.04. The van der Waals surface area contributed by atoms with Gasteiger partial charge < -0.3 is 15.0 Å². The highest BCUT2D eigenvalue weighted by Gasteiger charge is 2.18. The summed E-state index contributed by atoms with van der Waals surface area (Å²) in [4.78, 5) is 27.4. The predicted octanol–water partition coefficient (Wildman–Crippen LogP) is 2.88. The number of hydrogen-bond donors (Lipinski definition) is 1. The van der Waals surface area contributed by atoms with Crippen LogP contribution in [0.4, 0.5) is 8.78 Å². The number of benzene rings is 1. The third-order valence-electron chi connectivity index (χ3n) is 3.60. The molecular weight excluding hydrogens is 364 g/mol. The summed E-state index contributed by atoms with van der Waals surface area (Å²) in [5.74, 6) is -2.77. The number of nitrogens with zero attached hydrogens (tertiary/aromatic N) is 2. The van der Waals surface area contributed by atoms with Crippen LogP contribution in [-0.4, -0.2) is 21.4 Å². The van der Waals surface area contributed by atoms with Gasteiger partial charge in [0.25, 0.3) is 0 Å². The average molecular weight is 377 g/mol. The molecule has 0 saturated carbocycles. The Morgan fingerprint density at radius 1 is 1.31 bits per heavy atom. The maximum Gasteiger partial charge on any atom is 0.355 e. The minimum absolute atomic E-state index is 0.131. The molecule has 0 aliphatic rings. The van der Waals surface area contributed by atoms with Crippen LogP contribution in [0.1, 0.15) is 25.9 Å². The van der Waals surface area contributed by atoms with Crippen LogP contribution in [0.5, 0.6) is 0 Å². The Kier molecular flexibility index (Phi) is 4.81. The molecule has 2 aromatic heterocycles. The van der Waals surface area contributed by atoms with E-state index in [1.807, 2.05) is 0 Å². The molecule has 26 heavy (non-hydrogen) atoms. The van der Waals surface area contributed by atoms with E-state index in [0.717, 1.165) is 23.5 Å². The highest BCUT2D eigenvalue weighted by Crippen LogP contribution is 2.27. The summed E-state index contributed by atoms with van der Waals surface area (Å²) in [6, 6.07) is 4.88. The number of halogens is 2. The zero-order valence-corrected chi connectivity index (χ0v) is 14.3. The number of hydrogen-bond acceptors (Lipinski definition) is 5. The van der Waals surface area contributed by atoms with Crippen molar-refractivity contribution in [3.8, 4) is 11.3 Å². The summed E-state index contributed by atoms with van der Waals surface area (Å²) in [7, 11) is 1.57. The van der Waals surface area contributed by atoms with Crippen LogP contribution in [0.25, 0.3) is 11.3 Å². The fourth-order valence-electron chi connectivity index (χ4n) is 2.34. The quantitative estimate of drug-likeness (QED) is 0.693. The number of aromatic nitrogens is 2. The van der Waals surface area contributed by atoms with Gasteiger partial charge in [-0.1, -0.05) is 6.07 Å². The zero-order valence-electron chi connectivity index (χ0n) is 13.5. The first-order chi connectivity index (χ1) is 12.4. The number of amides is 1. The fourth-order valence-corrected chi connectivity index (χ4v) is 3.03. The number of carbonyl (C=O) groups excluding carboxylic acids is 2. The summed E-state index contributed by atoms with van der Waals surface area (Å²) < 4.78 is 34.2. The molecule has 0 aliphatic heterocycles. The lowest BCUT2D eigenvalue weighted by molar-refractivity contribution is 0.0461. The van der Waals surface area contributed by atoms with Gasteiger partial charge in [-0.3, -0.25) is 4.79 Å². The molecule has 0 saturated heterocycles. The molecule has 9 heteroatoms. The minimum Gasteiger partial charge on any atom is -0.454 e. The topological polar surface area (TPSA) is 87.2 Å². The van der Waals surface area contributed by atoms with Gasteiger partial charge in [-0.05, 0) is 18.2 Å². The van der Waals surface area contributed by atoms with E-state index in [1.165, 1.54) is 28.3 Å². The van der Waals surface area contributed by atoms with E-state index in [-0.39, 0.29) is 29.1 Å². The molecule has 0 fully saturated rings. The Morgan fingerprint density at radius 3 is 2.62 bits per heavy atom. The predicted molar refractivity (Wildman–Crippen MR) is 90.5 cm³/mol. The largest absolute Gasteiger partial charge is 0.454 e. The molecule has 134 valence electrons. The highest BCUT2D eigenvalue weighted by molar-refractivity contribution is 7.09. The minimum atomic E-state index is -0.721. The number of nitrogens with two attached hydrogens (primary N) is 1. The molecule has 0 atom stereocenters. The molecule has 1 amide bonds. The van der Waals surface area contributed by atoms with Crippen LogP contribution in [0, 0.1) is 11.6 Å². The molecule has 0 radical (unpaired) electrons. The first-order valence-electron chi connectivity index (χ1n) is 7.39. The number of esters is 1. The van der Waals surface area contributed by atoms with E-state index >= 15 is 0 Å². The lowest BCUT2D eigenvalue weighted by Gasteiger charge is -2.03. The monoisotopic (exact) mass is 377 g/mol. The van der Waals surface area contributed by atoms with Crippen molar-refractivity contribution in [2.24, 2.45) is 12.8 Å². The SMILES string of the molecule is Cn1cc(C(N)=O)cc1C(=O)OCc1nc(-c2c(F)cccc2F)cs1. The molecule has 1 aromatic carbocycles. The number of aryl methyl sites for hydroxylation is 1. The van der Waals surface area contributed by atoms with E-state index in [9.17, 15) is 18.4 Å². The van der Waals surface area contributed by atoms with Crippen LogP contribution in [0.2, 0.25) is 0 Å². The highest BCUT2D eigenvalue weighted by atomic mass is 32.1. The van der Waals surface area contributed by atoms with E-state index in [1.54, 1.807) is 7.05 Å². The third-order valence-corrected chi connectivity index (χ3v) is 4.42. The van der Waals surface area contributed by atoms with E-state index < -0.39 is 23.5 Å². The lowest BCUT2D eigenvalue weighted by Crippen LogP contribution is -2.10. The van der Waals surface area contributed by atoms with Gasteiger partial charge in [0.2, 0.25) is 5.91 Å². The zero-order chi connectivity index (χ0) is 18.8. The number of rotatable bonds is 5. The summed E-state index contributed by atoms with van der Waals surface area (Å²) >= 11 is 1.11. The summed E-state index contributed by atoms with van der Waals surface area (Å²) in [6.45, 7) is -0.170. The molecular formula is C17H13F2N3O3S. The summed E-state index contributed by atoms with van der Waals surface area (Å²) in [6.07, 6.45) is 1.42. The normalized spacial score (nSPS) is 10.7. The third kappa shape index (κ3) is 3.47. The number of ether oxygens (including phenoxy) is 1. The molecule has 0 bridgehead atoms. The average Bonchev–Trinajstić information content (AvgIpc) is 3.19. The number of primary amides is 1.